The van der Waals surface area contributed by atoms with E-state index in [0.717, 1.165) is 28.8 Å². The SMILES string of the molecule is Cc1ccc(C(=O)Nc2cc(C(F)(F)F)ccc2N2CCCC2=O)cc1-c1cccnc1. The number of halogens is 3. The number of alkyl halides is 3. The van der Waals surface area contributed by atoms with Gasteiger partial charge < -0.3 is 10.2 Å². The van der Waals surface area contributed by atoms with Crippen LogP contribution in [-0.4, -0.2) is 23.3 Å². The van der Waals surface area contributed by atoms with E-state index in [-0.39, 0.29) is 22.8 Å². The van der Waals surface area contributed by atoms with Crippen LogP contribution in [0.3, 0.4) is 0 Å². The number of nitrogens with one attached hydrogen (secondary N) is 1. The predicted molar refractivity (Wildman–Crippen MR) is 115 cm³/mol. The Hall–Kier alpha value is -3.68. The first-order valence-electron chi connectivity index (χ1n) is 10.1. The average Bonchev–Trinajstić information content (AvgIpc) is 3.19. The lowest BCUT2D eigenvalue weighted by molar-refractivity contribution is -0.137. The number of hydrogen-bond donors (Lipinski definition) is 1. The van der Waals surface area contributed by atoms with Gasteiger partial charge in [0.05, 0.1) is 16.9 Å². The molecular formula is C24H20F3N3O2. The van der Waals surface area contributed by atoms with Crippen molar-refractivity contribution >= 4 is 23.2 Å². The molecule has 0 atom stereocenters. The number of aryl methyl sites for hydroxylation is 1. The largest absolute Gasteiger partial charge is 0.416 e. The lowest BCUT2D eigenvalue weighted by Gasteiger charge is -2.21. The molecule has 0 unspecified atom stereocenters. The fourth-order valence-corrected chi connectivity index (χ4v) is 3.74. The fraction of sp³-hybridized carbons (Fsp3) is 0.208. The number of carbonyl (C=O) groups excluding carboxylic acids is 2. The summed E-state index contributed by atoms with van der Waals surface area (Å²) >= 11 is 0. The van der Waals surface area contributed by atoms with Gasteiger partial charge in [-0.1, -0.05) is 12.1 Å². The molecule has 1 N–H and O–H groups in total. The lowest BCUT2D eigenvalue weighted by Crippen LogP contribution is -2.26. The van der Waals surface area contributed by atoms with Crippen LogP contribution in [0, 0.1) is 6.92 Å². The Bertz CT molecular complexity index is 1180. The Morgan fingerprint density at radius 2 is 1.94 bits per heavy atom. The van der Waals surface area contributed by atoms with Gasteiger partial charge in [0.2, 0.25) is 5.91 Å². The van der Waals surface area contributed by atoms with Crippen molar-refractivity contribution < 1.29 is 22.8 Å². The average molecular weight is 439 g/mol. The molecule has 0 bridgehead atoms. The number of pyridine rings is 1. The van der Waals surface area contributed by atoms with Gasteiger partial charge in [0, 0.05) is 36.5 Å². The summed E-state index contributed by atoms with van der Waals surface area (Å²) in [6.45, 7) is 2.29. The highest BCUT2D eigenvalue weighted by Gasteiger charge is 2.33. The minimum Gasteiger partial charge on any atom is -0.320 e. The molecule has 0 saturated carbocycles. The second kappa shape index (κ2) is 8.45. The summed E-state index contributed by atoms with van der Waals surface area (Å²) in [5, 5.41) is 2.59. The van der Waals surface area contributed by atoms with E-state index < -0.39 is 17.6 Å². The minimum absolute atomic E-state index is 0.0522. The molecule has 1 saturated heterocycles. The van der Waals surface area contributed by atoms with Gasteiger partial charge in [-0.2, -0.15) is 13.2 Å². The highest BCUT2D eigenvalue weighted by molar-refractivity contribution is 6.08. The third-order valence-electron chi connectivity index (χ3n) is 5.41. The van der Waals surface area contributed by atoms with Crippen molar-refractivity contribution in [3.8, 4) is 11.1 Å². The first-order valence-corrected chi connectivity index (χ1v) is 10.1. The number of carbonyl (C=O) groups is 2. The molecule has 1 aliphatic rings. The number of amides is 2. The van der Waals surface area contributed by atoms with Crippen LogP contribution in [-0.2, 0) is 11.0 Å². The minimum atomic E-state index is -4.58. The van der Waals surface area contributed by atoms with E-state index in [1.165, 1.54) is 11.0 Å². The second-order valence-electron chi connectivity index (χ2n) is 7.60. The smallest absolute Gasteiger partial charge is 0.320 e. The summed E-state index contributed by atoms with van der Waals surface area (Å²) in [6.07, 6.45) is -0.330. The monoisotopic (exact) mass is 439 g/mol. The maximum atomic E-state index is 13.3. The zero-order valence-corrected chi connectivity index (χ0v) is 17.2. The Labute approximate surface area is 182 Å². The van der Waals surface area contributed by atoms with Gasteiger partial charge in [-0.05, 0) is 60.9 Å². The molecule has 0 spiro atoms. The summed E-state index contributed by atoms with van der Waals surface area (Å²) in [5.41, 5.74) is 2.13. The Morgan fingerprint density at radius 3 is 2.59 bits per heavy atom. The summed E-state index contributed by atoms with van der Waals surface area (Å²) in [5.74, 6) is -0.753. The Balaban J connectivity index is 1.70. The van der Waals surface area contributed by atoms with Crippen LogP contribution in [0.25, 0.3) is 11.1 Å². The highest BCUT2D eigenvalue weighted by Crippen LogP contribution is 2.37. The van der Waals surface area contributed by atoms with Gasteiger partial charge in [-0.3, -0.25) is 14.6 Å². The van der Waals surface area contributed by atoms with Gasteiger partial charge >= 0.3 is 6.18 Å². The van der Waals surface area contributed by atoms with Gasteiger partial charge in [-0.25, -0.2) is 0 Å². The molecule has 4 rings (SSSR count). The van der Waals surface area contributed by atoms with Crippen LogP contribution in [0.2, 0.25) is 0 Å². The van der Waals surface area contributed by atoms with Crippen LogP contribution < -0.4 is 10.2 Å². The summed E-state index contributed by atoms with van der Waals surface area (Å²) in [4.78, 5) is 30.7. The quantitative estimate of drug-likeness (QED) is 0.588. The van der Waals surface area contributed by atoms with Gasteiger partial charge in [0.1, 0.15) is 0 Å². The Morgan fingerprint density at radius 1 is 1.12 bits per heavy atom. The van der Waals surface area contributed by atoms with E-state index in [2.05, 4.69) is 10.3 Å². The Kier molecular flexibility index (Phi) is 5.69. The number of aromatic nitrogens is 1. The molecule has 164 valence electrons. The molecule has 1 aliphatic heterocycles. The highest BCUT2D eigenvalue weighted by atomic mass is 19.4. The van der Waals surface area contributed by atoms with Crippen molar-refractivity contribution in [2.75, 3.05) is 16.8 Å². The van der Waals surface area contributed by atoms with Crippen LogP contribution in [0.4, 0.5) is 24.5 Å². The topological polar surface area (TPSA) is 62.3 Å². The lowest BCUT2D eigenvalue weighted by atomic mass is 9.99. The van der Waals surface area contributed by atoms with Crippen molar-refractivity contribution in [2.45, 2.75) is 25.9 Å². The number of anilines is 2. The second-order valence-corrected chi connectivity index (χ2v) is 7.60. The van der Waals surface area contributed by atoms with Crippen molar-refractivity contribution in [3.05, 3.63) is 77.6 Å². The van der Waals surface area contributed by atoms with E-state index in [0.29, 0.717) is 19.4 Å². The number of nitrogens with zero attached hydrogens (tertiary/aromatic N) is 2. The van der Waals surface area contributed by atoms with Gasteiger partial charge in [0.15, 0.2) is 0 Å². The summed E-state index contributed by atoms with van der Waals surface area (Å²) in [6, 6.07) is 11.7. The standard InChI is InChI=1S/C24H20F3N3O2/c1-15-6-7-16(12-19(15)17-4-2-10-28-14-17)23(32)29-20-13-18(24(25,26)27)8-9-21(20)30-11-3-5-22(30)31/h2,4,6-10,12-14H,3,5,11H2,1H3,(H,29,32). The predicted octanol–water partition coefficient (Wildman–Crippen LogP) is 5.45. The summed E-state index contributed by atoms with van der Waals surface area (Å²) in [7, 11) is 0. The third kappa shape index (κ3) is 4.34. The first kappa shape index (κ1) is 21.5. The molecular weight excluding hydrogens is 419 g/mol. The molecule has 8 heteroatoms. The normalized spacial score (nSPS) is 14.0. The van der Waals surface area contributed by atoms with Crippen LogP contribution in [0.15, 0.2) is 60.9 Å². The van der Waals surface area contributed by atoms with Gasteiger partial charge in [-0.15, -0.1) is 0 Å². The van der Waals surface area contributed by atoms with Crippen molar-refractivity contribution in [3.63, 3.8) is 0 Å². The molecule has 0 aliphatic carbocycles. The van der Waals surface area contributed by atoms with E-state index >= 15 is 0 Å². The fourth-order valence-electron chi connectivity index (χ4n) is 3.74. The number of benzene rings is 2. The number of rotatable bonds is 4. The van der Waals surface area contributed by atoms with E-state index in [1.54, 1.807) is 36.7 Å². The molecule has 2 amide bonds. The van der Waals surface area contributed by atoms with Gasteiger partial charge in [0.25, 0.3) is 5.91 Å². The van der Waals surface area contributed by atoms with Crippen LogP contribution in [0.1, 0.15) is 34.3 Å². The molecule has 2 aromatic carbocycles. The van der Waals surface area contributed by atoms with E-state index in [1.807, 2.05) is 13.0 Å². The zero-order chi connectivity index (χ0) is 22.9. The first-order chi connectivity index (χ1) is 15.2. The molecule has 32 heavy (non-hydrogen) atoms. The van der Waals surface area contributed by atoms with E-state index in [4.69, 9.17) is 0 Å². The van der Waals surface area contributed by atoms with E-state index in [9.17, 15) is 22.8 Å². The molecule has 2 heterocycles. The molecule has 3 aromatic rings. The maximum absolute atomic E-state index is 13.3. The molecule has 5 nitrogen and oxygen atoms in total. The zero-order valence-electron chi connectivity index (χ0n) is 17.2. The molecule has 0 radical (unpaired) electrons. The van der Waals surface area contributed by atoms with Crippen LogP contribution >= 0.6 is 0 Å². The number of hydrogen-bond acceptors (Lipinski definition) is 3. The molecule has 1 fully saturated rings. The maximum Gasteiger partial charge on any atom is 0.416 e. The molecule has 1 aromatic heterocycles. The van der Waals surface area contributed by atoms with Crippen molar-refractivity contribution in [1.82, 2.24) is 4.98 Å². The van der Waals surface area contributed by atoms with Crippen molar-refractivity contribution in [1.29, 1.82) is 0 Å². The van der Waals surface area contributed by atoms with Crippen molar-refractivity contribution in [2.24, 2.45) is 0 Å². The third-order valence-corrected chi connectivity index (χ3v) is 5.41. The summed E-state index contributed by atoms with van der Waals surface area (Å²) < 4.78 is 39.9. The van der Waals surface area contributed by atoms with Crippen LogP contribution in [0.5, 0.6) is 0 Å².